The third-order valence-electron chi connectivity index (χ3n) is 4.17. The maximum Gasteiger partial charge on any atom is 0.166 e. The molecule has 3 rings (SSSR count). The van der Waals surface area contributed by atoms with Gasteiger partial charge in [0.05, 0.1) is 0 Å². The number of rotatable bonds is 6. The minimum absolute atomic E-state index is 0.263. The highest BCUT2D eigenvalue weighted by molar-refractivity contribution is 7.80. The standard InChI is InChI=1S/C22H22N2S/c25-22(23-16-18-10-4-1-5-11-18)24-17-21(19-12-6-2-7-13-19)20-14-8-3-9-15-20/h1-15,21H,16-17H2,(H2,23,24,25). The molecular weight excluding hydrogens is 324 g/mol. The molecule has 0 aromatic heterocycles. The van der Waals surface area contributed by atoms with Crippen molar-refractivity contribution in [2.45, 2.75) is 12.5 Å². The van der Waals surface area contributed by atoms with Crippen LogP contribution in [0.1, 0.15) is 22.6 Å². The molecular formula is C22H22N2S. The van der Waals surface area contributed by atoms with Gasteiger partial charge in [-0.1, -0.05) is 91.0 Å². The monoisotopic (exact) mass is 346 g/mol. The van der Waals surface area contributed by atoms with Gasteiger partial charge in [-0.15, -0.1) is 0 Å². The summed E-state index contributed by atoms with van der Waals surface area (Å²) in [5, 5.41) is 7.33. The van der Waals surface area contributed by atoms with Crippen molar-refractivity contribution in [2.24, 2.45) is 0 Å². The molecule has 0 bridgehead atoms. The zero-order valence-electron chi connectivity index (χ0n) is 14.1. The van der Waals surface area contributed by atoms with Gasteiger partial charge in [0, 0.05) is 19.0 Å². The third-order valence-corrected chi connectivity index (χ3v) is 4.46. The Balaban J connectivity index is 1.62. The Morgan fingerprint density at radius 3 is 1.68 bits per heavy atom. The van der Waals surface area contributed by atoms with Gasteiger partial charge in [-0.2, -0.15) is 0 Å². The van der Waals surface area contributed by atoms with E-state index < -0.39 is 0 Å². The maximum absolute atomic E-state index is 5.45. The summed E-state index contributed by atoms with van der Waals surface area (Å²) in [6.07, 6.45) is 0. The van der Waals surface area contributed by atoms with Crippen LogP contribution >= 0.6 is 12.2 Å². The second kappa shape index (κ2) is 9.00. The van der Waals surface area contributed by atoms with Crippen molar-refractivity contribution < 1.29 is 0 Å². The lowest BCUT2D eigenvalue weighted by molar-refractivity contribution is 0.739. The lowest BCUT2D eigenvalue weighted by atomic mass is 9.91. The molecule has 0 radical (unpaired) electrons. The molecule has 0 heterocycles. The number of nitrogens with one attached hydrogen (secondary N) is 2. The van der Waals surface area contributed by atoms with E-state index in [9.17, 15) is 0 Å². The summed E-state index contributed by atoms with van der Waals surface area (Å²) in [6.45, 7) is 1.49. The zero-order chi connectivity index (χ0) is 17.3. The zero-order valence-corrected chi connectivity index (χ0v) is 14.9. The molecule has 0 aliphatic carbocycles. The first-order valence-electron chi connectivity index (χ1n) is 8.48. The fraction of sp³-hybridized carbons (Fsp3) is 0.136. The van der Waals surface area contributed by atoms with Gasteiger partial charge in [-0.3, -0.25) is 0 Å². The van der Waals surface area contributed by atoms with Crippen molar-refractivity contribution in [1.82, 2.24) is 10.6 Å². The lowest BCUT2D eigenvalue weighted by Gasteiger charge is -2.20. The van der Waals surface area contributed by atoms with Crippen molar-refractivity contribution >= 4 is 17.3 Å². The Bertz CT molecular complexity index is 733. The van der Waals surface area contributed by atoms with Crippen LogP contribution in [0, 0.1) is 0 Å². The quantitative estimate of drug-likeness (QED) is 0.644. The molecule has 3 aromatic carbocycles. The number of benzene rings is 3. The summed E-state index contributed by atoms with van der Waals surface area (Å²) in [7, 11) is 0. The highest BCUT2D eigenvalue weighted by Crippen LogP contribution is 2.23. The van der Waals surface area contributed by atoms with E-state index in [0.717, 1.165) is 13.1 Å². The predicted molar refractivity (Wildman–Crippen MR) is 109 cm³/mol. The number of thiocarbonyl (C=S) groups is 1. The van der Waals surface area contributed by atoms with Crippen molar-refractivity contribution in [2.75, 3.05) is 6.54 Å². The molecule has 2 nitrogen and oxygen atoms in total. The van der Waals surface area contributed by atoms with Gasteiger partial charge in [0.25, 0.3) is 0 Å². The maximum atomic E-state index is 5.45. The molecule has 0 saturated carbocycles. The van der Waals surface area contributed by atoms with Crippen LogP contribution in [0.2, 0.25) is 0 Å². The molecule has 0 unspecified atom stereocenters. The summed E-state index contributed by atoms with van der Waals surface area (Å²) >= 11 is 5.45. The number of hydrogen-bond acceptors (Lipinski definition) is 1. The van der Waals surface area contributed by atoms with Crippen LogP contribution in [0.4, 0.5) is 0 Å². The highest BCUT2D eigenvalue weighted by atomic mass is 32.1. The molecule has 0 spiro atoms. The Kier molecular flexibility index (Phi) is 6.18. The van der Waals surface area contributed by atoms with Crippen LogP contribution in [0.25, 0.3) is 0 Å². The molecule has 126 valence electrons. The minimum atomic E-state index is 0.263. The van der Waals surface area contributed by atoms with Crippen LogP contribution in [0.5, 0.6) is 0 Å². The second-order valence-electron chi connectivity index (χ2n) is 5.92. The molecule has 0 atom stereocenters. The molecule has 3 heteroatoms. The van der Waals surface area contributed by atoms with Crippen LogP contribution in [0.3, 0.4) is 0 Å². The molecule has 0 saturated heterocycles. The third kappa shape index (κ3) is 5.16. The van der Waals surface area contributed by atoms with Crippen molar-refractivity contribution in [3.05, 3.63) is 108 Å². The summed E-state index contributed by atoms with van der Waals surface area (Å²) in [4.78, 5) is 0. The van der Waals surface area contributed by atoms with Gasteiger partial charge >= 0.3 is 0 Å². The minimum Gasteiger partial charge on any atom is -0.362 e. The van der Waals surface area contributed by atoms with E-state index in [1.807, 2.05) is 30.3 Å². The summed E-state index contributed by atoms with van der Waals surface area (Å²) < 4.78 is 0. The lowest BCUT2D eigenvalue weighted by Crippen LogP contribution is -2.37. The van der Waals surface area contributed by atoms with Gasteiger partial charge < -0.3 is 10.6 Å². The smallest absolute Gasteiger partial charge is 0.166 e. The highest BCUT2D eigenvalue weighted by Gasteiger charge is 2.14. The normalized spacial score (nSPS) is 10.4. The number of hydrogen-bond donors (Lipinski definition) is 2. The predicted octanol–water partition coefficient (Wildman–Crippen LogP) is 4.48. The van der Waals surface area contributed by atoms with Crippen LogP contribution < -0.4 is 10.6 Å². The Morgan fingerprint density at radius 1 is 0.680 bits per heavy atom. The molecule has 2 N–H and O–H groups in total. The van der Waals surface area contributed by atoms with Gasteiger partial charge in [-0.05, 0) is 28.9 Å². The fourth-order valence-electron chi connectivity index (χ4n) is 2.83. The first kappa shape index (κ1) is 17.2. The van der Waals surface area contributed by atoms with E-state index in [1.165, 1.54) is 16.7 Å². The fourth-order valence-corrected chi connectivity index (χ4v) is 2.99. The molecule has 25 heavy (non-hydrogen) atoms. The van der Waals surface area contributed by atoms with Gasteiger partial charge in [0.15, 0.2) is 5.11 Å². The SMILES string of the molecule is S=C(NCc1ccccc1)NCC(c1ccccc1)c1ccccc1. The van der Waals surface area contributed by atoms with Crippen molar-refractivity contribution in [3.63, 3.8) is 0 Å². The van der Waals surface area contributed by atoms with Crippen molar-refractivity contribution in [1.29, 1.82) is 0 Å². The summed E-state index contributed by atoms with van der Waals surface area (Å²) in [5.74, 6) is 0.263. The first-order valence-corrected chi connectivity index (χ1v) is 8.89. The largest absolute Gasteiger partial charge is 0.362 e. The molecule has 0 aliphatic heterocycles. The van der Waals surface area contributed by atoms with E-state index in [2.05, 4.69) is 71.3 Å². The van der Waals surface area contributed by atoms with E-state index in [1.54, 1.807) is 0 Å². The van der Waals surface area contributed by atoms with Gasteiger partial charge in [-0.25, -0.2) is 0 Å². The Labute approximate surface area is 154 Å². The van der Waals surface area contributed by atoms with Crippen LogP contribution in [-0.4, -0.2) is 11.7 Å². The van der Waals surface area contributed by atoms with Gasteiger partial charge in [0.2, 0.25) is 0 Å². The second-order valence-corrected chi connectivity index (χ2v) is 6.33. The molecule has 0 amide bonds. The summed E-state index contributed by atoms with van der Waals surface area (Å²) in [5.41, 5.74) is 3.79. The first-order chi connectivity index (χ1) is 12.3. The van der Waals surface area contributed by atoms with Gasteiger partial charge in [0.1, 0.15) is 0 Å². The van der Waals surface area contributed by atoms with E-state index >= 15 is 0 Å². The molecule has 0 aliphatic rings. The Hall–Kier alpha value is -2.65. The van der Waals surface area contributed by atoms with E-state index in [0.29, 0.717) is 5.11 Å². The van der Waals surface area contributed by atoms with Crippen molar-refractivity contribution in [3.8, 4) is 0 Å². The average Bonchev–Trinajstić information content (AvgIpc) is 2.69. The van der Waals surface area contributed by atoms with Crippen LogP contribution in [0.15, 0.2) is 91.0 Å². The Morgan fingerprint density at radius 2 is 1.16 bits per heavy atom. The molecule has 0 fully saturated rings. The van der Waals surface area contributed by atoms with E-state index in [-0.39, 0.29) is 5.92 Å². The van der Waals surface area contributed by atoms with Crippen LogP contribution in [-0.2, 0) is 6.54 Å². The average molecular weight is 346 g/mol. The topological polar surface area (TPSA) is 24.1 Å². The van der Waals surface area contributed by atoms with E-state index in [4.69, 9.17) is 12.2 Å². The molecule has 3 aromatic rings. The summed E-state index contributed by atoms with van der Waals surface area (Å²) in [6, 6.07) is 31.4.